The Morgan fingerprint density at radius 3 is 1.34 bits per heavy atom. The Balaban J connectivity index is -0.000000334. The maximum Gasteiger partial charge on any atom is 0.457 e. The normalized spacial score (nSPS) is 12.8. The molecule has 1 atom stereocenters. The van der Waals surface area contributed by atoms with Crippen LogP contribution >= 0.6 is 7.37 Å². The van der Waals surface area contributed by atoms with Gasteiger partial charge in [-0.3, -0.25) is 18.9 Å². The quantitative estimate of drug-likeness (QED) is 0.172. The Hall–Kier alpha value is -3.66. The highest BCUT2D eigenvalue weighted by atomic mass is 32.2. The number of hydrogen-bond donors (Lipinski definition) is 4. The minimum atomic E-state index is -2.85. The molecule has 0 aliphatic heterocycles. The molecule has 372 valence electrons. The molecule has 0 radical (unpaired) electrons. The number of rotatable bonds is 5. The molecule has 64 heavy (non-hydrogen) atoms. The summed E-state index contributed by atoms with van der Waals surface area (Å²) < 4.78 is 33.1. The first kappa shape index (κ1) is 66.9. The van der Waals surface area contributed by atoms with Crippen LogP contribution in [0, 0.1) is 5.41 Å². The van der Waals surface area contributed by atoms with E-state index in [0.717, 1.165) is 11.6 Å². The number of carbonyl (C=O) groups excluding carboxylic acids is 3. The molecular formula is C40H84BN12O9PS. The number of nitrogens with one attached hydrogen (secondary N) is 1. The maximum absolute atomic E-state index is 10.9. The molecule has 3 heterocycles. The summed E-state index contributed by atoms with van der Waals surface area (Å²) in [6.07, 6.45) is 1.24. The van der Waals surface area contributed by atoms with Gasteiger partial charge in [0.1, 0.15) is 18.9 Å². The summed E-state index contributed by atoms with van der Waals surface area (Å²) in [6, 6.07) is 0. The van der Waals surface area contributed by atoms with E-state index in [1.54, 1.807) is 73.9 Å². The number of hydrogen-bond acceptors (Lipinski definition) is 17. The molecule has 3 aromatic rings. The van der Waals surface area contributed by atoms with Crippen LogP contribution in [0.15, 0.2) is 0 Å². The third-order valence-electron chi connectivity index (χ3n) is 8.13. The zero-order valence-electron chi connectivity index (χ0n) is 43.6. The summed E-state index contributed by atoms with van der Waals surface area (Å²) in [4.78, 5) is 42.3. The number of nitrogens with zero attached hydrogens (tertiary/aromatic N) is 11. The molecule has 3 aromatic heterocycles. The maximum atomic E-state index is 10.9. The fourth-order valence-electron chi connectivity index (χ4n) is 2.28. The van der Waals surface area contributed by atoms with Gasteiger partial charge in [-0.25, -0.2) is 13.1 Å². The van der Waals surface area contributed by atoms with Crippen molar-refractivity contribution >= 4 is 41.7 Å². The first-order valence-electron chi connectivity index (χ1n) is 20.6. The fourth-order valence-corrected chi connectivity index (χ4v) is 2.28. The third-order valence-corrected chi connectivity index (χ3v) is 12.8. The number of aromatic amines is 1. The van der Waals surface area contributed by atoms with Gasteiger partial charge < -0.3 is 14.9 Å². The van der Waals surface area contributed by atoms with Crippen LogP contribution in [0.4, 0.5) is 0 Å². The zero-order chi connectivity index (χ0) is 52.3. The van der Waals surface area contributed by atoms with Gasteiger partial charge in [-0.2, -0.15) is 10.0 Å². The highest BCUT2D eigenvalue weighted by Gasteiger charge is 2.29. The van der Waals surface area contributed by atoms with Crippen LogP contribution < -0.4 is 0 Å². The van der Waals surface area contributed by atoms with Crippen molar-refractivity contribution in [3.63, 3.8) is 0 Å². The van der Waals surface area contributed by atoms with Crippen LogP contribution in [0.25, 0.3) is 0 Å². The van der Waals surface area contributed by atoms with E-state index in [1.165, 1.54) is 31.6 Å². The molecule has 0 saturated carbocycles. The highest BCUT2D eigenvalue weighted by molar-refractivity contribution is 7.92. The molecule has 0 amide bonds. The number of H-pyrrole nitrogens is 1. The average Bonchev–Trinajstić information content (AvgIpc) is 3.82. The second-order valence-corrected chi connectivity index (χ2v) is 27.5. The lowest BCUT2D eigenvalue weighted by atomic mass is 9.62. The summed E-state index contributed by atoms with van der Waals surface area (Å²) in [5.41, 5.74) is -0.381. The van der Waals surface area contributed by atoms with Crippen molar-refractivity contribution in [2.45, 2.75) is 204 Å². The number of ketones is 3. The molecule has 1 unspecified atom stereocenters. The molecule has 0 aromatic carbocycles. The van der Waals surface area contributed by atoms with Gasteiger partial charge >= 0.3 is 7.12 Å². The van der Waals surface area contributed by atoms with Gasteiger partial charge in [0, 0.05) is 40.2 Å². The van der Waals surface area contributed by atoms with Crippen LogP contribution in [-0.4, -0.2) is 132 Å². The number of tetrazole rings is 3. The zero-order valence-corrected chi connectivity index (χ0v) is 45.3. The van der Waals surface area contributed by atoms with Crippen molar-refractivity contribution in [2.24, 2.45) is 5.41 Å². The van der Waals surface area contributed by atoms with E-state index >= 15 is 0 Å². The second-order valence-electron chi connectivity index (χ2n) is 21.6. The highest BCUT2D eigenvalue weighted by Crippen LogP contribution is 2.49. The lowest BCUT2D eigenvalue weighted by Gasteiger charge is -2.21. The second kappa shape index (κ2) is 27.1. The monoisotopic (exact) mass is 951 g/mol. The Bertz CT molecular complexity index is 1950. The van der Waals surface area contributed by atoms with E-state index in [2.05, 4.69) is 51.6 Å². The summed E-state index contributed by atoms with van der Waals surface area (Å²) in [5, 5.41) is 52.3. The molecule has 21 nitrogen and oxygen atoms in total. The third kappa shape index (κ3) is 32.9. The van der Waals surface area contributed by atoms with Gasteiger partial charge in [0.05, 0.1) is 4.75 Å². The van der Waals surface area contributed by atoms with Crippen molar-refractivity contribution in [2.75, 3.05) is 12.9 Å². The van der Waals surface area contributed by atoms with Gasteiger partial charge in [-0.1, -0.05) is 123 Å². The van der Waals surface area contributed by atoms with E-state index in [9.17, 15) is 27.4 Å². The Kier molecular flexibility index (Phi) is 28.3. The van der Waals surface area contributed by atoms with Gasteiger partial charge in [0.25, 0.3) is 0 Å². The fraction of sp³-hybridized carbons (Fsp3) is 0.850. The van der Waals surface area contributed by atoms with E-state index in [1.807, 2.05) is 76.2 Å². The number of aromatic nitrogens is 12. The Labute approximate surface area is 384 Å². The topological polar surface area (TPSA) is 305 Å². The van der Waals surface area contributed by atoms with Crippen molar-refractivity contribution in [1.82, 2.24) is 61.0 Å². The van der Waals surface area contributed by atoms with Crippen LogP contribution in [0.5, 0.6) is 0 Å². The minimum Gasteiger partial charge on any atom is -0.427 e. The Morgan fingerprint density at radius 2 is 1.14 bits per heavy atom. The SMILES string of the molecule is CC(=O)C(C)(C)C.CC(=O)Cn1nnc(C(C)(C)C)n1.CC(=O)Cn1nnnc1C(C)(C)C.CC(C)(C)B(O)O.CC(C)(C)P(C)(=O)O.CC(C)(C)S(C)(=O)=O.CC(C)c1nn[nH]n1. The molecular weight excluding hydrogens is 866 g/mol. The first-order valence-corrected chi connectivity index (χ1v) is 24.6. The van der Waals surface area contributed by atoms with E-state index < -0.39 is 34.2 Å². The van der Waals surface area contributed by atoms with E-state index in [4.69, 9.17) is 14.9 Å². The molecule has 0 fully saturated rings. The predicted octanol–water partition coefficient (Wildman–Crippen LogP) is 5.84. The number of carbonyl (C=O) groups is 3. The van der Waals surface area contributed by atoms with Crippen LogP contribution in [-0.2, 0) is 52.7 Å². The van der Waals surface area contributed by atoms with Crippen molar-refractivity contribution in [1.29, 1.82) is 0 Å². The van der Waals surface area contributed by atoms with Gasteiger partial charge in [-0.05, 0) is 62.5 Å². The molecule has 3 rings (SSSR count). The Morgan fingerprint density at radius 1 is 0.750 bits per heavy atom. The summed E-state index contributed by atoms with van der Waals surface area (Å²) >= 11 is 0. The van der Waals surface area contributed by atoms with Gasteiger partial charge in [-0.15, -0.1) is 25.5 Å². The standard InChI is InChI=1S/2C8H14N4O.C6H12O.C5H13O2P.C5H12O2S.C4H11BO2.C4H8N4/c1-6(13)5-12-7(8(2,3)4)9-10-11-12;1-6(13)5-12-10-7(9-11-12)8(2,3)4;1-5(7)6(2,3)4;2*1-5(2,3)8(4,6)7;1-4(2,3)5(6)7;1-3(2)4-5-7-8-6-4/h2*5H2,1-4H3;1-4H3;1-4H3,(H,6,7);1-4H3;6-7H,1-3H3;3H,1-2H3,(H,5,6,7,8). The molecule has 0 aliphatic carbocycles. The van der Waals surface area contributed by atoms with Crippen LogP contribution in [0.1, 0.15) is 183 Å². The van der Waals surface area contributed by atoms with E-state index in [0.29, 0.717) is 11.7 Å². The lowest BCUT2D eigenvalue weighted by Crippen LogP contribution is -2.26. The summed E-state index contributed by atoms with van der Waals surface area (Å²) in [5.74, 6) is 2.86. The predicted molar refractivity (Wildman–Crippen MR) is 253 cm³/mol. The van der Waals surface area contributed by atoms with Crippen LogP contribution in [0.3, 0.4) is 0 Å². The number of Topliss-reactive ketones (excluding diaryl/α,β-unsaturated/α-hetero) is 3. The van der Waals surface area contributed by atoms with Crippen molar-refractivity contribution in [3.05, 3.63) is 17.5 Å². The minimum absolute atomic E-state index is 0.0258. The first-order chi connectivity index (χ1) is 28.0. The van der Waals surface area contributed by atoms with Crippen molar-refractivity contribution < 1.29 is 42.3 Å². The summed E-state index contributed by atoms with van der Waals surface area (Å²) in [6.45, 7) is 43.9. The smallest absolute Gasteiger partial charge is 0.427 e. The van der Waals surface area contributed by atoms with Gasteiger partial charge in [0.15, 0.2) is 38.9 Å². The molecule has 24 heteroatoms. The van der Waals surface area contributed by atoms with Crippen LogP contribution in [0.2, 0.25) is 5.31 Å². The molecule has 0 spiro atoms. The molecule has 0 aliphatic rings. The largest absolute Gasteiger partial charge is 0.457 e. The molecule has 0 saturated heterocycles. The molecule has 0 bridgehead atoms. The molecule has 4 N–H and O–H groups in total. The van der Waals surface area contributed by atoms with Crippen molar-refractivity contribution in [3.8, 4) is 0 Å². The number of sulfone groups is 1. The van der Waals surface area contributed by atoms with Gasteiger partial charge in [0.2, 0.25) is 7.37 Å². The average molecular weight is 951 g/mol. The lowest BCUT2D eigenvalue weighted by molar-refractivity contribution is -0.124. The summed E-state index contributed by atoms with van der Waals surface area (Å²) in [7, 11) is -6.89. The van der Waals surface area contributed by atoms with E-state index in [-0.39, 0.29) is 52.0 Å².